The Hall–Kier alpha value is -3.07. The fourth-order valence-electron chi connectivity index (χ4n) is 6.11. The number of thiophene rings is 1. The van der Waals surface area contributed by atoms with E-state index in [9.17, 15) is 9.59 Å². The molecule has 0 unspecified atom stereocenters. The van der Waals surface area contributed by atoms with Crippen molar-refractivity contribution >= 4 is 28.0 Å². The minimum Gasteiger partial charge on any atom is -0.378 e. The minimum atomic E-state index is -0.0748. The number of fused-ring (bicyclic) bond motifs is 1. The highest BCUT2D eigenvalue weighted by Gasteiger charge is 2.37. The largest absolute Gasteiger partial charge is 0.378 e. The molecule has 1 atom stereocenters. The molecule has 39 heavy (non-hydrogen) atoms. The predicted octanol–water partition coefficient (Wildman–Crippen LogP) is 4.90. The Balaban J connectivity index is 1.38. The number of benzene rings is 1. The number of nitrogens with one attached hydrogen (secondary N) is 1. The Labute approximate surface area is 234 Å². The van der Waals surface area contributed by atoms with Crippen molar-refractivity contribution in [3.8, 4) is 22.4 Å². The number of hydrogen-bond acceptors (Lipinski definition) is 7. The van der Waals surface area contributed by atoms with Gasteiger partial charge in [-0.15, -0.1) is 11.3 Å². The molecule has 6 rings (SSSR count). The third kappa shape index (κ3) is 5.13. The Morgan fingerprint density at radius 3 is 2.69 bits per heavy atom. The molecule has 3 aliphatic rings. The first kappa shape index (κ1) is 26.2. The number of rotatable bonds is 5. The highest BCUT2D eigenvalue weighted by molar-refractivity contribution is 7.19. The molecule has 0 saturated carbocycles. The van der Waals surface area contributed by atoms with E-state index in [4.69, 9.17) is 9.72 Å². The SMILES string of the molecule is CN[C@@H]1CCN(C(=O)c2cccc(-c3cc(-c4c(N5CCOCC5)sc5c4CC(C)(C)CC5=O)ccn3)c2)C1. The number of Topliss-reactive ketones (excluding diaryl/α,β-unsaturated/α-hetero) is 1. The monoisotopic (exact) mass is 544 g/mol. The van der Waals surface area contributed by atoms with E-state index in [0.29, 0.717) is 31.2 Å². The van der Waals surface area contributed by atoms with Crippen LogP contribution in [0.1, 0.15) is 52.3 Å². The van der Waals surface area contributed by atoms with Gasteiger partial charge in [0.25, 0.3) is 5.91 Å². The average molecular weight is 545 g/mol. The number of ether oxygens (including phenoxy) is 1. The van der Waals surface area contributed by atoms with E-state index in [1.807, 2.05) is 42.4 Å². The zero-order valence-corrected chi connectivity index (χ0v) is 23.8. The van der Waals surface area contributed by atoms with Crippen molar-refractivity contribution in [2.45, 2.75) is 39.2 Å². The van der Waals surface area contributed by atoms with Crippen molar-refractivity contribution in [1.29, 1.82) is 0 Å². The van der Waals surface area contributed by atoms with Crippen LogP contribution >= 0.6 is 11.3 Å². The number of morpholine rings is 1. The van der Waals surface area contributed by atoms with Gasteiger partial charge in [-0.3, -0.25) is 14.6 Å². The van der Waals surface area contributed by atoms with Crippen molar-refractivity contribution in [3.63, 3.8) is 0 Å². The van der Waals surface area contributed by atoms with Gasteiger partial charge in [-0.05, 0) is 60.7 Å². The quantitative estimate of drug-likeness (QED) is 0.493. The minimum absolute atomic E-state index is 0.0630. The molecule has 2 aliphatic heterocycles. The van der Waals surface area contributed by atoms with Gasteiger partial charge < -0.3 is 19.9 Å². The number of amides is 1. The predicted molar refractivity (Wildman–Crippen MR) is 156 cm³/mol. The van der Waals surface area contributed by atoms with Crippen LogP contribution in [-0.2, 0) is 11.2 Å². The van der Waals surface area contributed by atoms with Crippen LogP contribution in [0.15, 0.2) is 42.6 Å². The van der Waals surface area contributed by atoms with Crippen molar-refractivity contribution in [2.24, 2.45) is 5.41 Å². The lowest BCUT2D eigenvalue weighted by molar-refractivity contribution is 0.0789. The summed E-state index contributed by atoms with van der Waals surface area (Å²) in [6, 6.07) is 12.3. The summed E-state index contributed by atoms with van der Waals surface area (Å²) in [5, 5.41) is 4.44. The van der Waals surface area contributed by atoms with Crippen LogP contribution < -0.4 is 10.2 Å². The van der Waals surface area contributed by atoms with E-state index in [1.54, 1.807) is 11.3 Å². The number of hydrogen-bond donors (Lipinski definition) is 1. The number of ketones is 1. The van der Waals surface area contributed by atoms with E-state index in [0.717, 1.165) is 76.8 Å². The molecule has 204 valence electrons. The van der Waals surface area contributed by atoms with Gasteiger partial charge in [0.2, 0.25) is 0 Å². The summed E-state index contributed by atoms with van der Waals surface area (Å²) in [6.45, 7) is 8.88. The van der Waals surface area contributed by atoms with E-state index < -0.39 is 0 Å². The van der Waals surface area contributed by atoms with Gasteiger partial charge >= 0.3 is 0 Å². The molecular formula is C31H36N4O3S. The molecule has 0 bridgehead atoms. The van der Waals surface area contributed by atoms with Crippen LogP contribution in [0.2, 0.25) is 0 Å². The Morgan fingerprint density at radius 1 is 1.10 bits per heavy atom. The van der Waals surface area contributed by atoms with E-state index in [2.05, 4.69) is 36.2 Å². The summed E-state index contributed by atoms with van der Waals surface area (Å²) < 4.78 is 5.63. The van der Waals surface area contributed by atoms with Gasteiger partial charge in [-0.25, -0.2) is 0 Å². The van der Waals surface area contributed by atoms with Crippen LogP contribution in [0.3, 0.4) is 0 Å². The molecule has 8 heteroatoms. The molecule has 2 aromatic heterocycles. The van der Waals surface area contributed by atoms with Gasteiger partial charge in [0, 0.05) is 61.5 Å². The topological polar surface area (TPSA) is 74.8 Å². The molecule has 0 radical (unpaired) electrons. The van der Waals surface area contributed by atoms with Gasteiger partial charge in [-0.2, -0.15) is 0 Å². The highest BCUT2D eigenvalue weighted by atomic mass is 32.1. The van der Waals surface area contributed by atoms with Crippen molar-refractivity contribution in [3.05, 3.63) is 58.6 Å². The lowest BCUT2D eigenvalue weighted by Crippen LogP contribution is -2.36. The number of carbonyl (C=O) groups excluding carboxylic acids is 2. The maximum Gasteiger partial charge on any atom is 0.253 e. The maximum atomic E-state index is 13.2. The summed E-state index contributed by atoms with van der Waals surface area (Å²) in [6.07, 6.45) is 4.27. The lowest BCUT2D eigenvalue weighted by atomic mass is 9.75. The standard InChI is InChI=1S/C31H36N4O3S/c1-31(2)17-24-27(30(34-11-13-38-14-12-34)39-28(24)26(36)18-31)21-7-9-33-25(16-21)20-5-4-6-22(15-20)29(37)35-10-8-23(19-35)32-3/h4-7,9,15-16,23,32H,8,10-14,17-19H2,1-3H3/t23-/m1/s1. The van der Waals surface area contributed by atoms with Crippen LogP contribution in [0.25, 0.3) is 22.4 Å². The van der Waals surface area contributed by atoms with Gasteiger partial charge in [-0.1, -0.05) is 26.0 Å². The Morgan fingerprint density at radius 2 is 1.92 bits per heavy atom. The summed E-state index contributed by atoms with van der Waals surface area (Å²) >= 11 is 1.64. The van der Waals surface area contributed by atoms with E-state index in [-0.39, 0.29) is 17.1 Å². The molecule has 1 N–H and O–H groups in total. The molecule has 1 aromatic carbocycles. The fourth-order valence-corrected chi connectivity index (χ4v) is 7.44. The first-order valence-electron chi connectivity index (χ1n) is 13.9. The number of anilines is 1. The average Bonchev–Trinajstić information content (AvgIpc) is 3.58. The number of likely N-dealkylation sites (tertiary alicyclic amines) is 1. The maximum absolute atomic E-state index is 13.2. The van der Waals surface area contributed by atoms with E-state index in [1.165, 1.54) is 0 Å². The van der Waals surface area contributed by atoms with Gasteiger partial charge in [0.05, 0.1) is 28.8 Å². The van der Waals surface area contributed by atoms with Crippen LogP contribution in [0, 0.1) is 5.41 Å². The number of nitrogens with zero attached hydrogens (tertiary/aromatic N) is 3. The molecule has 0 spiro atoms. The molecule has 2 fully saturated rings. The number of likely N-dealkylation sites (N-methyl/N-ethyl adjacent to an activating group) is 1. The van der Waals surface area contributed by atoms with Crippen molar-refractivity contribution in [2.75, 3.05) is 51.3 Å². The number of aromatic nitrogens is 1. The summed E-state index contributed by atoms with van der Waals surface area (Å²) in [5.41, 5.74) is 5.74. The first-order valence-corrected chi connectivity index (χ1v) is 14.7. The second kappa shape index (κ2) is 10.5. The second-order valence-corrected chi connectivity index (χ2v) is 12.7. The molecule has 2 saturated heterocycles. The lowest BCUT2D eigenvalue weighted by Gasteiger charge is -2.30. The van der Waals surface area contributed by atoms with Crippen molar-refractivity contribution < 1.29 is 14.3 Å². The van der Waals surface area contributed by atoms with Crippen LogP contribution in [0.4, 0.5) is 5.00 Å². The Bertz CT molecular complexity index is 1410. The normalized spacial score (nSPS) is 20.8. The zero-order chi connectivity index (χ0) is 27.1. The number of carbonyl (C=O) groups is 2. The first-order chi connectivity index (χ1) is 18.8. The molecule has 1 amide bonds. The van der Waals surface area contributed by atoms with Crippen LogP contribution in [0.5, 0.6) is 0 Å². The smallest absolute Gasteiger partial charge is 0.253 e. The third-order valence-electron chi connectivity index (χ3n) is 8.17. The summed E-state index contributed by atoms with van der Waals surface area (Å²) in [5.74, 6) is 0.308. The molecule has 4 heterocycles. The molecule has 7 nitrogen and oxygen atoms in total. The fraction of sp³-hybridized carbons (Fsp3) is 0.452. The van der Waals surface area contributed by atoms with Crippen molar-refractivity contribution in [1.82, 2.24) is 15.2 Å². The van der Waals surface area contributed by atoms with Gasteiger partial charge in [0.1, 0.15) is 0 Å². The zero-order valence-electron chi connectivity index (χ0n) is 23.0. The third-order valence-corrected chi connectivity index (χ3v) is 9.51. The van der Waals surface area contributed by atoms with E-state index >= 15 is 0 Å². The molecule has 3 aromatic rings. The van der Waals surface area contributed by atoms with Crippen LogP contribution in [-0.4, -0.2) is 74.1 Å². The highest BCUT2D eigenvalue weighted by Crippen LogP contribution is 2.49. The molecule has 1 aliphatic carbocycles. The Kier molecular flexibility index (Phi) is 7.04. The number of pyridine rings is 1. The second-order valence-electron chi connectivity index (χ2n) is 11.7. The summed E-state index contributed by atoms with van der Waals surface area (Å²) in [7, 11) is 1.95. The summed E-state index contributed by atoms with van der Waals surface area (Å²) in [4.78, 5) is 36.4. The molecular weight excluding hydrogens is 508 g/mol. The van der Waals surface area contributed by atoms with Gasteiger partial charge in [0.15, 0.2) is 5.78 Å².